The highest BCUT2D eigenvalue weighted by Gasteiger charge is 2.28. The van der Waals surface area contributed by atoms with E-state index in [1.54, 1.807) is 29.2 Å². The summed E-state index contributed by atoms with van der Waals surface area (Å²) in [5.74, 6) is -0.362. The number of urea groups is 1. The molecule has 0 aromatic heterocycles. The fourth-order valence-electron chi connectivity index (χ4n) is 4.04. The summed E-state index contributed by atoms with van der Waals surface area (Å²) in [6.07, 6.45) is 0.920. The lowest BCUT2D eigenvalue weighted by atomic mass is 9.96. The third kappa shape index (κ3) is 5.38. The Hall–Kier alpha value is -3.44. The van der Waals surface area contributed by atoms with Crippen LogP contribution in [-0.4, -0.2) is 47.9 Å². The molecule has 1 aliphatic rings. The zero-order valence-corrected chi connectivity index (χ0v) is 17.5. The first-order chi connectivity index (χ1) is 15.2. The molecule has 5 heteroatoms. The van der Waals surface area contributed by atoms with Gasteiger partial charge in [0.1, 0.15) is 0 Å². The van der Waals surface area contributed by atoms with Gasteiger partial charge in [0.25, 0.3) is 5.91 Å². The molecule has 5 nitrogen and oxygen atoms in total. The number of nitrogens with one attached hydrogen (secondary N) is 1. The van der Waals surface area contributed by atoms with Crippen LogP contribution in [0.2, 0.25) is 0 Å². The Balaban J connectivity index is 1.39. The van der Waals surface area contributed by atoms with E-state index >= 15 is 0 Å². The van der Waals surface area contributed by atoms with Crippen molar-refractivity contribution >= 4 is 11.9 Å². The average molecular weight is 414 g/mol. The summed E-state index contributed by atoms with van der Waals surface area (Å²) in [7, 11) is 0. The lowest BCUT2D eigenvalue weighted by Crippen LogP contribution is -2.53. The van der Waals surface area contributed by atoms with E-state index in [2.05, 4.69) is 58.7 Å². The zero-order chi connectivity index (χ0) is 21.5. The van der Waals surface area contributed by atoms with E-state index in [0.717, 1.165) is 19.5 Å². The van der Waals surface area contributed by atoms with Crippen LogP contribution in [-0.2, 0) is 6.42 Å². The van der Waals surface area contributed by atoms with E-state index in [0.29, 0.717) is 18.7 Å². The molecule has 4 rings (SSSR count). The molecule has 1 aliphatic heterocycles. The van der Waals surface area contributed by atoms with Crippen LogP contribution in [0.5, 0.6) is 0 Å². The second-order valence-corrected chi connectivity index (χ2v) is 7.76. The molecule has 0 radical (unpaired) electrons. The Morgan fingerprint density at radius 1 is 0.742 bits per heavy atom. The standard InChI is InChI=1S/C26H27N3O2/c30-25(23-14-8-3-9-15-23)27-26(31)29-18-16-28(17-19-29)24(22-12-6-2-7-13-22)20-21-10-4-1-5-11-21/h1-15,24H,16-20H2,(H,27,30,31)/t24-/m0/s1. The van der Waals surface area contributed by atoms with Gasteiger partial charge in [-0.05, 0) is 29.7 Å². The largest absolute Gasteiger partial charge is 0.324 e. The highest BCUT2D eigenvalue weighted by atomic mass is 16.2. The lowest BCUT2D eigenvalue weighted by molar-refractivity contribution is 0.0902. The average Bonchev–Trinajstić information content (AvgIpc) is 2.84. The van der Waals surface area contributed by atoms with Gasteiger partial charge >= 0.3 is 6.03 Å². The second kappa shape index (κ2) is 10.0. The van der Waals surface area contributed by atoms with Crippen LogP contribution >= 0.6 is 0 Å². The molecule has 0 saturated carbocycles. The number of nitrogens with zero attached hydrogens (tertiary/aromatic N) is 2. The number of carbonyl (C=O) groups is 2. The zero-order valence-electron chi connectivity index (χ0n) is 17.5. The number of amides is 3. The molecule has 0 bridgehead atoms. The van der Waals surface area contributed by atoms with Crippen LogP contribution in [0.25, 0.3) is 0 Å². The molecule has 0 aliphatic carbocycles. The van der Waals surface area contributed by atoms with Crippen molar-refractivity contribution in [3.05, 3.63) is 108 Å². The van der Waals surface area contributed by atoms with Crippen molar-refractivity contribution in [3.8, 4) is 0 Å². The predicted molar refractivity (Wildman–Crippen MR) is 122 cm³/mol. The molecular formula is C26H27N3O2. The highest BCUT2D eigenvalue weighted by molar-refractivity contribution is 6.04. The SMILES string of the molecule is O=C(NC(=O)N1CCN([C@@H](Cc2ccccc2)c2ccccc2)CC1)c1ccccc1. The fourth-order valence-corrected chi connectivity index (χ4v) is 4.04. The van der Waals surface area contributed by atoms with Crippen LogP contribution in [0, 0.1) is 0 Å². The topological polar surface area (TPSA) is 52.7 Å². The first-order valence-electron chi connectivity index (χ1n) is 10.7. The van der Waals surface area contributed by atoms with Crippen molar-refractivity contribution in [1.29, 1.82) is 0 Å². The lowest BCUT2D eigenvalue weighted by Gasteiger charge is -2.39. The highest BCUT2D eigenvalue weighted by Crippen LogP contribution is 2.26. The molecule has 3 aromatic carbocycles. The Morgan fingerprint density at radius 3 is 1.90 bits per heavy atom. The normalized spacial score (nSPS) is 15.3. The molecule has 3 aromatic rings. The number of rotatable bonds is 5. The van der Waals surface area contributed by atoms with Gasteiger partial charge in [-0.25, -0.2) is 4.79 Å². The molecule has 1 atom stereocenters. The van der Waals surface area contributed by atoms with Gasteiger partial charge in [0.05, 0.1) is 0 Å². The maximum Gasteiger partial charge on any atom is 0.324 e. The summed E-state index contributed by atoms with van der Waals surface area (Å²) in [5.41, 5.74) is 3.06. The van der Waals surface area contributed by atoms with Crippen LogP contribution in [0.3, 0.4) is 0 Å². The van der Waals surface area contributed by atoms with E-state index in [9.17, 15) is 9.59 Å². The van der Waals surface area contributed by atoms with E-state index in [1.807, 2.05) is 18.2 Å². The summed E-state index contributed by atoms with van der Waals surface area (Å²) < 4.78 is 0. The number of carbonyl (C=O) groups excluding carboxylic acids is 2. The van der Waals surface area contributed by atoms with Crippen molar-refractivity contribution in [1.82, 2.24) is 15.1 Å². The van der Waals surface area contributed by atoms with Gasteiger partial charge in [-0.3, -0.25) is 15.0 Å². The van der Waals surface area contributed by atoms with E-state index in [1.165, 1.54) is 11.1 Å². The summed E-state index contributed by atoms with van der Waals surface area (Å²) in [6, 6.07) is 29.8. The predicted octanol–water partition coefficient (Wildman–Crippen LogP) is 4.14. The summed E-state index contributed by atoms with van der Waals surface area (Å²) in [6.45, 7) is 2.71. The minimum Gasteiger partial charge on any atom is -0.322 e. The van der Waals surface area contributed by atoms with Crippen LogP contribution in [0.15, 0.2) is 91.0 Å². The minimum absolute atomic E-state index is 0.250. The smallest absolute Gasteiger partial charge is 0.322 e. The third-order valence-corrected chi connectivity index (χ3v) is 5.75. The van der Waals surface area contributed by atoms with Gasteiger partial charge < -0.3 is 4.90 Å². The Bertz CT molecular complexity index is 985. The monoisotopic (exact) mass is 413 g/mol. The Morgan fingerprint density at radius 2 is 1.29 bits per heavy atom. The first-order valence-corrected chi connectivity index (χ1v) is 10.7. The first kappa shape index (κ1) is 20.8. The van der Waals surface area contributed by atoms with Gasteiger partial charge in [0.2, 0.25) is 0 Å². The van der Waals surface area contributed by atoms with Crippen LogP contribution in [0.1, 0.15) is 27.5 Å². The van der Waals surface area contributed by atoms with E-state index in [4.69, 9.17) is 0 Å². The van der Waals surface area contributed by atoms with Gasteiger partial charge in [0, 0.05) is 37.8 Å². The van der Waals surface area contributed by atoms with Crippen molar-refractivity contribution < 1.29 is 9.59 Å². The van der Waals surface area contributed by atoms with Gasteiger partial charge in [0.15, 0.2) is 0 Å². The van der Waals surface area contributed by atoms with Crippen LogP contribution in [0.4, 0.5) is 4.79 Å². The third-order valence-electron chi connectivity index (χ3n) is 5.75. The van der Waals surface area contributed by atoms with Gasteiger partial charge in [-0.1, -0.05) is 78.9 Å². The van der Waals surface area contributed by atoms with Crippen LogP contribution < -0.4 is 5.32 Å². The van der Waals surface area contributed by atoms with E-state index < -0.39 is 0 Å². The molecule has 1 heterocycles. The molecular weight excluding hydrogens is 386 g/mol. The van der Waals surface area contributed by atoms with E-state index in [-0.39, 0.29) is 18.0 Å². The number of hydrogen-bond acceptors (Lipinski definition) is 3. The van der Waals surface area contributed by atoms with Crippen molar-refractivity contribution in [3.63, 3.8) is 0 Å². The van der Waals surface area contributed by atoms with Crippen molar-refractivity contribution in [2.24, 2.45) is 0 Å². The van der Waals surface area contributed by atoms with Gasteiger partial charge in [-0.15, -0.1) is 0 Å². The summed E-state index contributed by atoms with van der Waals surface area (Å²) >= 11 is 0. The second-order valence-electron chi connectivity index (χ2n) is 7.76. The quantitative estimate of drug-likeness (QED) is 0.684. The minimum atomic E-state index is -0.362. The van der Waals surface area contributed by atoms with Gasteiger partial charge in [-0.2, -0.15) is 0 Å². The number of piperazine rings is 1. The number of imide groups is 1. The maximum atomic E-state index is 12.6. The van der Waals surface area contributed by atoms with Crippen molar-refractivity contribution in [2.45, 2.75) is 12.5 Å². The molecule has 1 N–H and O–H groups in total. The number of benzene rings is 3. The molecule has 31 heavy (non-hydrogen) atoms. The Labute approximate surface area is 183 Å². The molecule has 1 saturated heterocycles. The fraction of sp³-hybridized carbons (Fsp3) is 0.231. The summed E-state index contributed by atoms with van der Waals surface area (Å²) in [5, 5.41) is 2.51. The maximum absolute atomic E-state index is 12.6. The molecule has 1 fully saturated rings. The molecule has 158 valence electrons. The molecule has 0 spiro atoms. The number of hydrogen-bond donors (Lipinski definition) is 1. The molecule has 3 amide bonds. The molecule has 0 unspecified atom stereocenters. The van der Waals surface area contributed by atoms with Crippen molar-refractivity contribution in [2.75, 3.05) is 26.2 Å². The summed E-state index contributed by atoms with van der Waals surface area (Å²) in [4.78, 5) is 29.0. The Kier molecular flexibility index (Phi) is 6.75.